The molecule has 0 spiro atoms. The number of ether oxygens (including phenoxy) is 1. The van der Waals surface area contributed by atoms with E-state index in [-0.39, 0.29) is 5.91 Å². The van der Waals surface area contributed by atoms with Gasteiger partial charge in [0.15, 0.2) is 0 Å². The van der Waals surface area contributed by atoms with Crippen LogP contribution in [0.3, 0.4) is 0 Å². The maximum absolute atomic E-state index is 12.1. The Labute approximate surface area is 126 Å². The summed E-state index contributed by atoms with van der Waals surface area (Å²) in [5.41, 5.74) is 5.82. The highest BCUT2D eigenvalue weighted by atomic mass is 16.5. The van der Waals surface area contributed by atoms with Gasteiger partial charge in [0.2, 0.25) is 5.91 Å². The van der Waals surface area contributed by atoms with Gasteiger partial charge < -0.3 is 20.7 Å². The van der Waals surface area contributed by atoms with Crippen molar-refractivity contribution < 1.29 is 9.53 Å². The number of likely N-dealkylation sites (tertiary alicyclic amines) is 1. The molecule has 21 heavy (non-hydrogen) atoms. The largest absolute Gasteiger partial charge is 0.495 e. The van der Waals surface area contributed by atoms with Gasteiger partial charge in [-0.1, -0.05) is 12.1 Å². The lowest BCUT2D eigenvalue weighted by atomic mass is 9.85. The highest BCUT2D eigenvalue weighted by Crippen LogP contribution is 2.32. The molecular formula is C16H25N3O2. The van der Waals surface area contributed by atoms with Gasteiger partial charge in [-0.3, -0.25) is 4.79 Å². The number of primary amides is 1. The first-order chi connectivity index (χ1) is 9.98. The average Bonchev–Trinajstić information content (AvgIpc) is 2.48. The molecule has 3 N–H and O–H groups in total. The smallest absolute Gasteiger partial charge is 0.243 e. The van der Waals surface area contributed by atoms with Gasteiger partial charge in [0, 0.05) is 19.1 Å². The van der Waals surface area contributed by atoms with Gasteiger partial charge in [-0.05, 0) is 38.8 Å². The molecular weight excluding hydrogens is 266 g/mol. The molecule has 0 aliphatic carbocycles. The lowest BCUT2D eigenvalue weighted by Gasteiger charge is -2.42. The molecule has 1 fully saturated rings. The Bertz CT molecular complexity index is 494. The van der Waals surface area contributed by atoms with Crippen LogP contribution in [-0.4, -0.2) is 42.6 Å². The number of rotatable bonds is 5. The number of nitrogens with one attached hydrogen (secondary N) is 1. The summed E-state index contributed by atoms with van der Waals surface area (Å²) in [6.07, 6.45) is 1.41. The highest BCUT2D eigenvalue weighted by molar-refractivity contribution is 5.88. The molecule has 1 aliphatic heterocycles. The molecule has 0 radical (unpaired) electrons. The monoisotopic (exact) mass is 291 g/mol. The number of benzene rings is 1. The molecule has 0 bridgehead atoms. The Hall–Kier alpha value is -1.75. The minimum atomic E-state index is -0.694. The van der Waals surface area contributed by atoms with Gasteiger partial charge in [0.05, 0.1) is 12.8 Å². The van der Waals surface area contributed by atoms with Crippen LogP contribution >= 0.6 is 0 Å². The molecule has 1 heterocycles. The molecule has 1 saturated heterocycles. The maximum Gasteiger partial charge on any atom is 0.243 e. The molecule has 2 rings (SSSR count). The van der Waals surface area contributed by atoms with Crippen molar-refractivity contribution in [3.05, 3.63) is 24.3 Å². The number of para-hydroxylation sites is 2. The summed E-state index contributed by atoms with van der Waals surface area (Å²) in [5.74, 6) is 0.432. The van der Waals surface area contributed by atoms with Crippen LogP contribution in [0, 0.1) is 0 Å². The predicted octanol–water partition coefficient (Wildman–Crippen LogP) is 1.84. The number of amides is 1. The quantitative estimate of drug-likeness (QED) is 0.868. The Morgan fingerprint density at radius 3 is 2.48 bits per heavy atom. The summed E-state index contributed by atoms with van der Waals surface area (Å²) < 4.78 is 5.35. The minimum Gasteiger partial charge on any atom is -0.495 e. The van der Waals surface area contributed by atoms with E-state index in [4.69, 9.17) is 10.5 Å². The lowest BCUT2D eigenvalue weighted by molar-refractivity contribution is -0.124. The van der Waals surface area contributed by atoms with E-state index in [1.807, 2.05) is 24.3 Å². The zero-order valence-electron chi connectivity index (χ0n) is 13.1. The van der Waals surface area contributed by atoms with E-state index in [0.717, 1.165) is 24.5 Å². The summed E-state index contributed by atoms with van der Waals surface area (Å²) in [5, 5.41) is 3.35. The van der Waals surface area contributed by atoms with Crippen molar-refractivity contribution >= 4 is 11.6 Å². The number of nitrogens with two attached hydrogens (primary N) is 1. The van der Waals surface area contributed by atoms with Crippen molar-refractivity contribution in [1.29, 1.82) is 0 Å². The summed E-state index contributed by atoms with van der Waals surface area (Å²) in [4.78, 5) is 14.4. The second kappa shape index (κ2) is 6.35. The van der Waals surface area contributed by atoms with E-state index in [0.29, 0.717) is 18.9 Å². The first-order valence-electron chi connectivity index (χ1n) is 7.43. The van der Waals surface area contributed by atoms with Crippen molar-refractivity contribution in [3.63, 3.8) is 0 Å². The molecule has 0 unspecified atom stereocenters. The molecule has 1 aliphatic rings. The average molecular weight is 291 g/mol. The molecule has 116 valence electrons. The van der Waals surface area contributed by atoms with Crippen LogP contribution in [0.1, 0.15) is 26.7 Å². The van der Waals surface area contributed by atoms with Crippen LogP contribution in [0.4, 0.5) is 5.69 Å². The fraction of sp³-hybridized carbons (Fsp3) is 0.562. The van der Waals surface area contributed by atoms with E-state index in [1.165, 1.54) is 0 Å². The van der Waals surface area contributed by atoms with Crippen molar-refractivity contribution in [1.82, 2.24) is 4.90 Å². The molecule has 1 aromatic rings. The Morgan fingerprint density at radius 2 is 1.95 bits per heavy atom. The second-order valence-electron chi connectivity index (χ2n) is 5.90. The molecule has 5 nitrogen and oxygen atoms in total. The second-order valence-corrected chi connectivity index (χ2v) is 5.90. The number of hydrogen-bond acceptors (Lipinski definition) is 4. The molecule has 5 heteroatoms. The number of hydrogen-bond donors (Lipinski definition) is 2. The van der Waals surface area contributed by atoms with E-state index in [1.54, 1.807) is 7.11 Å². The lowest BCUT2D eigenvalue weighted by Crippen LogP contribution is -2.58. The molecule has 0 saturated carbocycles. The van der Waals surface area contributed by atoms with Crippen LogP contribution in [0.5, 0.6) is 5.75 Å². The molecule has 1 amide bonds. The number of nitrogens with zero attached hydrogens (tertiary/aromatic N) is 1. The molecule has 1 aromatic carbocycles. The van der Waals surface area contributed by atoms with Crippen LogP contribution in [0.2, 0.25) is 0 Å². The number of methoxy groups -OCH3 is 1. The third kappa shape index (κ3) is 3.29. The normalized spacial score (nSPS) is 18.5. The van der Waals surface area contributed by atoms with Crippen molar-refractivity contribution in [2.45, 2.75) is 38.3 Å². The molecule has 0 atom stereocenters. The third-order valence-electron chi connectivity index (χ3n) is 4.33. The Morgan fingerprint density at radius 1 is 1.33 bits per heavy atom. The summed E-state index contributed by atoms with van der Waals surface area (Å²) in [6.45, 7) is 6.07. The SMILES string of the molecule is COc1ccccc1NC1(C(N)=O)CCN(C(C)C)CC1. The number of carbonyl (C=O) groups is 1. The molecule has 0 aromatic heterocycles. The summed E-state index contributed by atoms with van der Waals surface area (Å²) in [6, 6.07) is 8.10. The third-order valence-corrected chi connectivity index (χ3v) is 4.33. The van der Waals surface area contributed by atoms with Crippen molar-refractivity contribution in [3.8, 4) is 5.75 Å². The zero-order valence-corrected chi connectivity index (χ0v) is 13.1. The maximum atomic E-state index is 12.1. The van der Waals surface area contributed by atoms with E-state index in [9.17, 15) is 4.79 Å². The number of anilines is 1. The van der Waals surface area contributed by atoms with Gasteiger partial charge in [-0.15, -0.1) is 0 Å². The fourth-order valence-electron chi connectivity index (χ4n) is 2.86. The summed E-state index contributed by atoms with van der Waals surface area (Å²) in [7, 11) is 1.62. The van der Waals surface area contributed by atoms with Gasteiger partial charge in [0.1, 0.15) is 11.3 Å². The highest BCUT2D eigenvalue weighted by Gasteiger charge is 2.40. The van der Waals surface area contributed by atoms with Crippen molar-refractivity contribution in [2.75, 3.05) is 25.5 Å². The van der Waals surface area contributed by atoms with Gasteiger partial charge in [-0.25, -0.2) is 0 Å². The first-order valence-corrected chi connectivity index (χ1v) is 7.43. The Kier molecular flexibility index (Phi) is 4.73. The van der Waals surface area contributed by atoms with Crippen LogP contribution in [0.25, 0.3) is 0 Å². The van der Waals surface area contributed by atoms with E-state index in [2.05, 4.69) is 24.1 Å². The first kappa shape index (κ1) is 15.6. The number of carbonyl (C=O) groups excluding carboxylic acids is 1. The Balaban J connectivity index is 2.19. The van der Waals surface area contributed by atoms with E-state index >= 15 is 0 Å². The van der Waals surface area contributed by atoms with Gasteiger partial charge >= 0.3 is 0 Å². The van der Waals surface area contributed by atoms with Crippen LogP contribution in [-0.2, 0) is 4.79 Å². The van der Waals surface area contributed by atoms with Gasteiger partial charge in [-0.2, -0.15) is 0 Å². The standard InChI is InChI=1S/C16H25N3O2/c1-12(2)19-10-8-16(9-11-19,15(17)20)18-13-6-4-5-7-14(13)21-3/h4-7,12,18H,8-11H2,1-3H3,(H2,17,20). The topological polar surface area (TPSA) is 67.6 Å². The van der Waals surface area contributed by atoms with Crippen LogP contribution < -0.4 is 15.8 Å². The predicted molar refractivity (Wildman–Crippen MR) is 84.5 cm³/mol. The fourth-order valence-corrected chi connectivity index (χ4v) is 2.86. The summed E-state index contributed by atoms with van der Waals surface area (Å²) >= 11 is 0. The number of piperidine rings is 1. The van der Waals surface area contributed by atoms with Gasteiger partial charge in [0.25, 0.3) is 0 Å². The van der Waals surface area contributed by atoms with Crippen molar-refractivity contribution in [2.24, 2.45) is 5.73 Å². The zero-order chi connectivity index (χ0) is 15.5. The van der Waals surface area contributed by atoms with Crippen LogP contribution in [0.15, 0.2) is 24.3 Å². The van der Waals surface area contributed by atoms with E-state index < -0.39 is 5.54 Å². The minimum absolute atomic E-state index is 0.295.